The predicted molar refractivity (Wildman–Crippen MR) is 119 cm³/mol. The standard InChI is InChI=1S/C25H31F3N2O5/c1-23(2,3)30-20(31)17-18(21(30)32)24(22(33)34,13-14-8-5-4-6-9-14)29-19(17)15-10-7-11-16(12-15)35-25(26,27)28/h7,10-12,14,17-19,29H,4-6,8-9,13H2,1-3H3,(H,33,34). The van der Waals surface area contributed by atoms with Crippen molar-refractivity contribution in [3.63, 3.8) is 0 Å². The Bertz CT molecular complexity index is 1020. The van der Waals surface area contributed by atoms with Crippen molar-refractivity contribution in [1.29, 1.82) is 0 Å². The van der Waals surface area contributed by atoms with Crippen LogP contribution >= 0.6 is 0 Å². The molecule has 3 fully saturated rings. The van der Waals surface area contributed by atoms with Crippen LogP contribution in [0.25, 0.3) is 0 Å². The normalized spacial score (nSPS) is 30.0. The summed E-state index contributed by atoms with van der Waals surface area (Å²) in [6.45, 7) is 5.11. The number of rotatable bonds is 5. The van der Waals surface area contributed by atoms with Gasteiger partial charge in [-0.1, -0.05) is 44.2 Å². The SMILES string of the molecule is CC(C)(C)N1C(=O)C2C(c3cccc(OC(F)(F)F)c3)NC(CC3CCCCC3)(C(=O)O)C2C1=O. The second-order valence-corrected chi connectivity index (χ2v) is 10.9. The van der Waals surface area contributed by atoms with Crippen LogP contribution in [-0.2, 0) is 14.4 Å². The van der Waals surface area contributed by atoms with Gasteiger partial charge in [0, 0.05) is 11.6 Å². The van der Waals surface area contributed by atoms with E-state index in [0.717, 1.165) is 49.1 Å². The molecule has 3 aliphatic rings. The number of carbonyl (C=O) groups excluding carboxylic acids is 2. The van der Waals surface area contributed by atoms with Crippen molar-refractivity contribution in [3.05, 3.63) is 29.8 Å². The van der Waals surface area contributed by atoms with Crippen molar-refractivity contribution < 1.29 is 37.4 Å². The third-order valence-corrected chi connectivity index (χ3v) is 7.49. The molecule has 0 spiro atoms. The zero-order valence-electron chi connectivity index (χ0n) is 20.0. The second kappa shape index (κ2) is 8.80. The molecule has 2 saturated heterocycles. The van der Waals surface area contributed by atoms with Crippen molar-refractivity contribution in [2.24, 2.45) is 17.8 Å². The molecule has 1 aromatic rings. The minimum Gasteiger partial charge on any atom is -0.480 e. The van der Waals surface area contributed by atoms with E-state index >= 15 is 0 Å². The Balaban J connectivity index is 1.80. The molecule has 0 bridgehead atoms. The van der Waals surface area contributed by atoms with Crippen LogP contribution in [0.2, 0.25) is 0 Å². The average molecular weight is 497 g/mol. The molecule has 1 aromatic carbocycles. The molecule has 35 heavy (non-hydrogen) atoms. The summed E-state index contributed by atoms with van der Waals surface area (Å²) in [6.07, 6.45) is -0.0586. The maximum absolute atomic E-state index is 13.7. The van der Waals surface area contributed by atoms with Crippen molar-refractivity contribution in [1.82, 2.24) is 10.2 Å². The molecular weight excluding hydrogens is 465 g/mol. The van der Waals surface area contributed by atoms with Gasteiger partial charge in [-0.2, -0.15) is 0 Å². The fourth-order valence-corrected chi connectivity index (χ4v) is 6.17. The monoisotopic (exact) mass is 496 g/mol. The molecule has 7 nitrogen and oxygen atoms in total. The average Bonchev–Trinajstić information content (AvgIpc) is 3.22. The summed E-state index contributed by atoms with van der Waals surface area (Å²) in [7, 11) is 0. The van der Waals surface area contributed by atoms with E-state index in [4.69, 9.17) is 0 Å². The lowest BCUT2D eigenvalue weighted by atomic mass is 9.72. The number of carboxylic acids is 1. The van der Waals surface area contributed by atoms with E-state index in [0.29, 0.717) is 0 Å². The number of alkyl halides is 3. The van der Waals surface area contributed by atoms with E-state index < -0.39 is 58.9 Å². The van der Waals surface area contributed by atoms with Gasteiger partial charge < -0.3 is 9.84 Å². The van der Waals surface area contributed by atoms with Gasteiger partial charge in [0.25, 0.3) is 0 Å². The smallest absolute Gasteiger partial charge is 0.480 e. The third-order valence-electron chi connectivity index (χ3n) is 7.49. The molecule has 0 radical (unpaired) electrons. The second-order valence-electron chi connectivity index (χ2n) is 10.9. The highest BCUT2D eigenvalue weighted by molar-refractivity contribution is 6.10. The van der Waals surface area contributed by atoms with Crippen LogP contribution in [0, 0.1) is 17.8 Å². The zero-order valence-corrected chi connectivity index (χ0v) is 20.0. The molecular formula is C25H31F3N2O5. The summed E-state index contributed by atoms with van der Waals surface area (Å²) >= 11 is 0. The molecule has 4 atom stereocenters. The quantitative estimate of drug-likeness (QED) is 0.586. The Morgan fingerprint density at radius 2 is 1.80 bits per heavy atom. The number of nitrogens with one attached hydrogen (secondary N) is 1. The number of hydrogen-bond donors (Lipinski definition) is 2. The number of fused-ring (bicyclic) bond motifs is 1. The minimum atomic E-state index is -4.90. The van der Waals surface area contributed by atoms with E-state index in [1.165, 1.54) is 12.1 Å². The summed E-state index contributed by atoms with van der Waals surface area (Å²) in [5, 5.41) is 13.6. The van der Waals surface area contributed by atoms with Crippen LogP contribution in [0.5, 0.6) is 5.75 Å². The first-order valence-electron chi connectivity index (χ1n) is 12.0. The highest BCUT2D eigenvalue weighted by atomic mass is 19.4. The minimum absolute atomic E-state index is 0.0678. The van der Waals surface area contributed by atoms with Gasteiger partial charge in [-0.05, 0) is 50.8 Å². The van der Waals surface area contributed by atoms with Crippen LogP contribution in [0.15, 0.2) is 24.3 Å². The molecule has 2 N–H and O–H groups in total. The number of nitrogens with zero attached hydrogens (tertiary/aromatic N) is 1. The number of imide groups is 1. The van der Waals surface area contributed by atoms with Crippen LogP contribution < -0.4 is 10.1 Å². The largest absolute Gasteiger partial charge is 0.573 e. The number of benzene rings is 1. The first-order valence-corrected chi connectivity index (χ1v) is 12.0. The maximum atomic E-state index is 13.7. The van der Waals surface area contributed by atoms with E-state index in [9.17, 15) is 32.7 Å². The maximum Gasteiger partial charge on any atom is 0.573 e. The van der Waals surface area contributed by atoms with Gasteiger partial charge in [0.2, 0.25) is 11.8 Å². The first-order chi connectivity index (χ1) is 16.2. The number of ether oxygens (including phenoxy) is 1. The third kappa shape index (κ3) is 4.64. The fourth-order valence-electron chi connectivity index (χ4n) is 6.17. The fraction of sp³-hybridized carbons (Fsp3) is 0.640. The van der Waals surface area contributed by atoms with Gasteiger partial charge in [0.15, 0.2) is 0 Å². The lowest BCUT2D eigenvalue weighted by Gasteiger charge is -2.37. The van der Waals surface area contributed by atoms with Gasteiger partial charge in [-0.25, -0.2) is 0 Å². The Hall–Kier alpha value is -2.62. The molecule has 2 aliphatic heterocycles. The Kier molecular flexibility index (Phi) is 6.40. The number of halogens is 3. The molecule has 4 rings (SSSR count). The van der Waals surface area contributed by atoms with Crippen molar-refractivity contribution in [3.8, 4) is 5.75 Å². The highest BCUT2D eigenvalue weighted by Gasteiger charge is 2.69. The molecule has 1 aliphatic carbocycles. The van der Waals surface area contributed by atoms with Gasteiger partial charge in [0.05, 0.1) is 11.8 Å². The van der Waals surface area contributed by atoms with E-state index in [2.05, 4.69) is 10.1 Å². The van der Waals surface area contributed by atoms with Gasteiger partial charge in [-0.15, -0.1) is 13.2 Å². The summed E-state index contributed by atoms with van der Waals surface area (Å²) in [5.74, 6) is -4.91. The highest BCUT2D eigenvalue weighted by Crippen LogP contribution is 2.53. The van der Waals surface area contributed by atoms with E-state index in [-0.39, 0.29) is 17.9 Å². The van der Waals surface area contributed by atoms with Gasteiger partial charge >= 0.3 is 12.3 Å². The number of amides is 2. The lowest BCUT2D eigenvalue weighted by Crippen LogP contribution is -2.58. The Morgan fingerprint density at radius 1 is 1.14 bits per heavy atom. The topological polar surface area (TPSA) is 95.9 Å². The van der Waals surface area contributed by atoms with Crippen molar-refractivity contribution >= 4 is 17.8 Å². The lowest BCUT2D eigenvalue weighted by molar-refractivity contribution is -0.274. The molecule has 2 heterocycles. The molecule has 10 heteroatoms. The number of aliphatic carboxylic acids is 1. The molecule has 1 saturated carbocycles. The molecule has 0 aromatic heterocycles. The molecule has 192 valence electrons. The van der Waals surface area contributed by atoms with Crippen molar-refractivity contribution in [2.45, 2.75) is 82.8 Å². The zero-order chi connectivity index (χ0) is 25.8. The van der Waals surface area contributed by atoms with Crippen LogP contribution in [0.3, 0.4) is 0 Å². The number of hydrogen-bond acceptors (Lipinski definition) is 5. The van der Waals surface area contributed by atoms with E-state index in [1.807, 2.05) is 0 Å². The predicted octanol–water partition coefficient (Wildman–Crippen LogP) is 4.42. The van der Waals surface area contributed by atoms with Crippen LogP contribution in [0.1, 0.15) is 70.9 Å². The summed E-state index contributed by atoms with van der Waals surface area (Å²) in [6, 6.07) is 4.21. The Labute approximate surface area is 202 Å². The molecule has 2 amide bonds. The van der Waals surface area contributed by atoms with Crippen LogP contribution in [-0.4, -0.2) is 45.2 Å². The summed E-state index contributed by atoms with van der Waals surface area (Å²) < 4.78 is 42.5. The first kappa shape index (κ1) is 25.5. The Morgan fingerprint density at radius 3 is 2.37 bits per heavy atom. The van der Waals surface area contributed by atoms with Gasteiger partial charge in [0.1, 0.15) is 11.3 Å². The summed E-state index contributed by atoms with van der Waals surface area (Å²) in [5.41, 5.74) is -2.31. The number of carbonyl (C=O) groups is 3. The van der Waals surface area contributed by atoms with Crippen LogP contribution in [0.4, 0.5) is 13.2 Å². The van der Waals surface area contributed by atoms with E-state index in [1.54, 1.807) is 20.8 Å². The number of carboxylic acid groups (broad SMARTS) is 1. The van der Waals surface area contributed by atoms with Gasteiger partial charge in [-0.3, -0.25) is 24.6 Å². The van der Waals surface area contributed by atoms with Crippen molar-refractivity contribution in [2.75, 3.05) is 0 Å². The molecule has 4 unspecified atom stereocenters. The number of likely N-dealkylation sites (tertiary alicyclic amines) is 1. The summed E-state index contributed by atoms with van der Waals surface area (Å²) in [4.78, 5) is 41.3.